The Kier molecular flexibility index (Phi) is 3.54. The van der Waals surface area contributed by atoms with E-state index in [1.165, 1.54) is 0 Å². The number of nitrogens with one attached hydrogen (secondary N) is 1. The molecule has 0 heterocycles. The number of carbonyl (C=O) groups is 1. The lowest BCUT2D eigenvalue weighted by molar-refractivity contribution is -0.132. The van der Waals surface area contributed by atoms with Gasteiger partial charge in [-0.15, -0.1) is 0 Å². The summed E-state index contributed by atoms with van der Waals surface area (Å²) in [7, 11) is 0. The van der Waals surface area contributed by atoms with E-state index >= 15 is 0 Å². The molecule has 17 heavy (non-hydrogen) atoms. The van der Waals surface area contributed by atoms with E-state index in [4.69, 9.17) is 5.84 Å². The van der Waals surface area contributed by atoms with Crippen molar-refractivity contribution in [3.63, 3.8) is 0 Å². The summed E-state index contributed by atoms with van der Waals surface area (Å²) < 4.78 is 0.999. The highest BCUT2D eigenvalue weighted by atomic mass is 79.9. The van der Waals surface area contributed by atoms with Gasteiger partial charge in [0.15, 0.2) is 0 Å². The molecule has 0 aromatic heterocycles. The summed E-state index contributed by atoms with van der Waals surface area (Å²) in [6.45, 7) is 2.16. The Bertz CT molecular complexity index is 427. The number of hydrogen-bond acceptors (Lipinski definition) is 2. The highest BCUT2D eigenvalue weighted by molar-refractivity contribution is 9.10. The van der Waals surface area contributed by atoms with Crippen LogP contribution in [0, 0.1) is 5.92 Å². The summed E-state index contributed by atoms with van der Waals surface area (Å²) in [5, 5.41) is 0. The van der Waals surface area contributed by atoms with Crippen molar-refractivity contribution < 1.29 is 4.79 Å². The maximum atomic E-state index is 12.0. The van der Waals surface area contributed by atoms with Crippen LogP contribution in [0.5, 0.6) is 0 Å². The molecule has 1 aromatic carbocycles. The van der Waals surface area contributed by atoms with Gasteiger partial charge in [0.25, 0.3) is 0 Å². The van der Waals surface area contributed by atoms with Crippen molar-refractivity contribution in [2.45, 2.75) is 31.6 Å². The average molecular weight is 297 g/mol. The van der Waals surface area contributed by atoms with Gasteiger partial charge in [-0.3, -0.25) is 10.2 Å². The molecule has 1 aromatic rings. The minimum atomic E-state index is -0.417. The van der Waals surface area contributed by atoms with E-state index in [1.54, 1.807) is 0 Å². The monoisotopic (exact) mass is 296 g/mol. The van der Waals surface area contributed by atoms with Gasteiger partial charge < -0.3 is 0 Å². The number of rotatable bonds is 3. The Hall–Kier alpha value is -0.870. The smallest absolute Gasteiger partial charge is 0.244 e. The SMILES string of the molecule is CCC1CC(C(=O)NN)(c2cccc(Br)c2)C1. The summed E-state index contributed by atoms with van der Waals surface area (Å²) >= 11 is 3.45. The lowest BCUT2D eigenvalue weighted by atomic mass is 9.57. The number of amides is 1. The van der Waals surface area contributed by atoms with E-state index in [-0.39, 0.29) is 5.91 Å². The quantitative estimate of drug-likeness (QED) is 0.511. The molecule has 0 spiro atoms. The maximum absolute atomic E-state index is 12.0. The van der Waals surface area contributed by atoms with E-state index in [9.17, 15) is 4.79 Å². The number of nitrogens with two attached hydrogens (primary N) is 1. The van der Waals surface area contributed by atoms with Crippen LogP contribution < -0.4 is 11.3 Å². The number of halogens is 1. The van der Waals surface area contributed by atoms with Crippen molar-refractivity contribution in [1.29, 1.82) is 0 Å². The van der Waals surface area contributed by atoms with Gasteiger partial charge >= 0.3 is 0 Å². The molecule has 1 aliphatic carbocycles. The van der Waals surface area contributed by atoms with Crippen LogP contribution in [-0.4, -0.2) is 5.91 Å². The fraction of sp³-hybridized carbons (Fsp3) is 0.462. The van der Waals surface area contributed by atoms with Gasteiger partial charge in [0.1, 0.15) is 0 Å². The lowest BCUT2D eigenvalue weighted by Crippen LogP contribution is -2.54. The first-order chi connectivity index (χ1) is 8.12. The van der Waals surface area contributed by atoms with Gasteiger partial charge in [0.2, 0.25) is 5.91 Å². The minimum Gasteiger partial charge on any atom is -0.293 e. The molecule has 1 saturated carbocycles. The summed E-state index contributed by atoms with van der Waals surface area (Å²) in [5.41, 5.74) is 2.95. The Labute approximate surface area is 110 Å². The van der Waals surface area contributed by atoms with Gasteiger partial charge in [0, 0.05) is 4.47 Å². The normalized spacial score (nSPS) is 27.4. The molecule has 0 atom stereocenters. The minimum absolute atomic E-state index is 0.0692. The third-order valence-electron chi connectivity index (χ3n) is 3.79. The second-order valence-corrected chi connectivity index (χ2v) is 5.66. The van der Waals surface area contributed by atoms with Crippen LogP contribution in [0.2, 0.25) is 0 Å². The highest BCUT2D eigenvalue weighted by Crippen LogP contribution is 2.49. The van der Waals surface area contributed by atoms with Crippen molar-refractivity contribution in [2.24, 2.45) is 11.8 Å². The van der Waals surface area contributed by atoms with Gasteiger partial charge in [-0.25, -0.2) is 5.84 Å². The summed E-state index contributed by atoms with van der Waals surface area (Å²) in [6.07, 6.45) is 2.90. The molecule has 1 fully saturated rings. The van der Waals surface area contributed by atoms with Crippen molar-refractivity contribution >= 4 is 21.8 Å². The summed E-state index contributed by atoms with van der Waals surface area (Å²) in [5.74, 6) is 5.88. The zero-order chi connectivity index (χ0) is 12.5. The topological polar surface area (TPSA) is 55.1 Å². The van der Waals surface area contributed by atoms with Gasteiger partial charge in [-0.2, -0.15) is 0 Å². The van der Waals surface area contributed by atoms with E-state index < -0.39 is 5.41 Å². The second kappa shape index (κ2) is 4.78. The average Bonchev–Trinajstić information content (AvgIpc) is 2.28. The van der Waals surface area contributed by atoms with Crippen LogP contribution in [-0.2, 0) is 10.2 Å². The van der Waals surface area contributed by atoms with E-state index in [0.29, 0.717) is 5.92 Å². The second-order valence-electron chi connectivity index (χ2n) is 4.75. The summed E-state index contributed by atoms with van der Waals surface area (Å²) in [4.78, 5) is 12.0. The fourth-order valence-electron chi connectivity index (χ4n) is 2.69. The summed E-state index contributed by atoms with van der Waals surface area (Å²) in [6, 6.07) is 7.95. The molecule has 3 nitrogen and oxygen atoms in total. The molecule has 3 N–H and O–H groups in total. The van der Waals surface area contributed by atoms with E-state index in [0.717, 1.165) is 29.3 Å². The first-order valence-corrected chi connectivity index (χ1v) is 6.69. The zero-order valence-corrected chi connectivity index (χ0v) is 11.5. The molecule has 0 aliphatic heterocycles. The largest absolute Gasteiger partial charge is 0.293 e. The Morgan fingerprint density at radius 3 is 2.82 bits per heavy atom. The Morgan fingerprint density at radius 1 is 1.59 bits per heavy atom. The van der Waals surface area contributed by atoms with Crippen molar-refractivity contribution in [3.05, 3.63) is 34.3 Å². The molecular weight excluding hydrogens is 280 g/mol. The third-order valence-corrected chi connectivity index (χ3v) is 4.29. The predicted molar refractivity (Wildman–Crippen MR) is 71.2 cm³/mol. The molecule has 2 rings (SSSR count). The molecule has 0 radical (unpaired) electrons. The Balaban J connectivity index is 2.33. The standard InChI is InChI=1S/C13H17BrN2O/c1-2-9-7-13(8-9,12(17)16-15)10-4-3-5-11(14)6-10/h3-6,9H,2,7-8,15H2,1H3,(H,16,17). The molecular formula is C13H17BrN2O. The maximum Gasteiger partial charge on any atom is 0.244 e. The van der Waals surface area contributed by atoms with Crippen LogP contribution in [0.4, 0.5) is 0 Å². The molecule has 0 bridgehead atoms. The molecule has 0 saturated heterocycles. The van der Waals surface area contributed by atoms with Gasteiger partial charge in [-0.05, 0) is 36.5 Å². The van der Waals surface area contributed by atoms with Crippen LogP contribution in [0.1, 0.15) is 31.7 Å². The van der Waals surface area contributed by atoms with Crippen LogP contribution in [0.25, 0.3) is 0 Å². The van der Waals surface area contributed by atoms with E-state index in [2.05, 4.69) is 28.3 Å². The van der Waals surface area contributed by atoms with Crippen LogP contribution in [0.3, 0.4) is 0 Å². The molecule has 92 valence electrons. The third kappa shape index (κ3) is 2.11. The number of benzene rings is 1. The lowest BCUT2D eigenvalue weighted by Gasteiger charge is -2.46. The van der Waals surface area contributed by atoms with E-state index in [1.807, 2.05) is 24.3 Å². The number of hydrogen-bond donors (Lipinski definition) is 2. The first-order valence-electron chi connectivity index (χ1n) is 5.89. The first kappa shape index (κ1) is 12.6. The van der Waals surface area contributed by atoms with Crippen molar-refractivity contribution in [3.8, 4) is 0 Å². The molecule has 0 unspecified atom stereocenters. The number of carbonyl (C=O) groups excluding carboxylic acids is 1. The zero-order valence-electron chi connectivity index (χ0n) is 9.87. The molecule has 4 heteroatoms. The number of hydrazine groups is 1. The van der Waals surface area contributed by atoms with Gasteiger partial charge in [-0.1, -0.05) is 41.4 Å². The fourth-order valence-corrected chi connectivity index (χ4v) is 3.09. The van der Waals surface area contributed by atoms with Crippen LogP contribution in [0.15, 0.2) is 28.7 Å². The van der Waals surface area contributed by atoms with Crippen molar-refractivity contribution in [2.75, 3.05) is 0 Å². The molecule has 1 amide bonds. The molecule has 1 aliphatic rings. The predicted octanol–water partition coefficient (Wildman–Crippen LogP) is 2.50. The highest BCUT2D eigenvalue weighted by Gasteiger charge is 2.50. The Morgan fingerprint density at radius 2 is 2.29 bits per heavy atom. The van der Waals surface area contributed by atoms with Gasteiger partial charge in [0.05, 0.1) is 5.41 Å². The van der Waals surface area contributed by atoms with Crippen molar-refractivity contribution in [1.82, 2.24) is 5.43 Å². The van der Waals surface area contributed by atoms with Crippen LogP contribution >= 0.6 is 15.9 Å².